The number of nitrogens with zero attached hydrogens (tertiary/aromatic N) is 3. The molecule has 32 heavy (non-hydrogen) atoms. The first-order chi connectivity index (χ1) is 15.3. The zero-order chi connectivity index (χ0) is 23.0. The highest BCUT2D eigenvalue weighted by Gasteiger charge is 2.35. The topological polar surface area (TPSA) is 139 Å². The quantitative estimate of drug-likeness (QED) is 0.472. The Morgan fingerprint density at radius 2 is 1.31 bits per heavy atom. The standard InChI is InChI=1S/C22H21N3O7/c26-16-11-13(12-17(27)19(16)29)20(30)24-9-7-23(8-10-24)18(28)5-6-25-21(31)14-3-1-2-4-15(14)22(25)32/h1-4,11-12,26-27,29H,5-10H2. The van der Waals surface area contributed by atoms with E-state index in [1.165, 1.54) is 4.90 Å². The molecule has 0 aromatic heterocycles. The Morgan fingerprint density at radius 1 is 0.812 bits per heavy atom. The number of piperazine rings is 1. The lowest BCUT2D eigenvalue weighted by atomic mass is 10.1. The highest BCUT2D eigenvalue weighted by molar-refractivity contribution is 6.21. The van der Waals surface area contributed by atoms with E-state index < -0.39 is 35.0 Å². The summed E-state index contributed by atoms with van der Waals surface area (Å²) in [4.78, 5) is 54.1. The van der Waals surface area contributed by atoms with Crippen molar-refractivity contribution in [2.75, 3.05) is 32.7 Å². The number of hydrogen-bond donors (Lipinski definition) is 3. The third-order valence-electron chi connectivity index (χ3n) is 5.66. The second-order valence-corrected chi connectivity index (χ2v) is 7.59. The van der Waals surface area contributed by atoms with E-state index in [9.17, 15) is 34.5 Å². The Morgan fingerprint density at radius 3 is 1.84 bits per heavy atom. The molecule has 0 spiro atoms. The number of carbonyl (C=O) groups is 4. The molecule has 166 valence electrons. The largest absolute Gasteiger partial charge is 0.504 e. The summed E-state index contributed by atoms with van der Waals surface area (Å²) in [7, 11) is 0. The van der Waals surface area contributed by atoms with Crippen LogP contribution in [0.2, 0.25) is 0 Å². The number of imide groups is 1. The average Bonchev–Trinajstić information content (AvgIpc) is 3.05. The minimum absolute atomic E-state index is 0.0148. The van der Waals surface area contributed by atoms with Gasteiger partial charge in [0.05, 0.1) is 11.1 Å². The van der Waals surface area contributed by atoms with Crippen molar-refractivity contribution in [3.8, 4) is 17.2 Å². The summed E-state index contributed by atoms with van der Waals surface area (Å²) >= 11 is 0. The number of phenols is 3. The lowest BCUT2D eigenvalue weighted by Gasteiger charge is -2.35. The van der Waals surface area contributed by atoms with Crippen LogP contribution in [0.5, 0.6) is 17.2 Å². The maximum Gasteiger partial charge on any atom is 0.261 e. The molecule has 10 heteroatoms. The third-order valence-corrected chi connectivity index (χ3v) is 5.66. The second-order valence-electron chi connectivity index (χ2n) is 7.59. The van der Waals surface area contributed by atoms with E-state index in [2.05, 4.69) is 0 Å². The summed E-state index contributed by atoms with van der Waals surface area (Å²) < 4.78 is 0. The minimum Gasteiger partial charge on any atom is -0.504 e. The van der Waals surface area contributed by atoms with E-state index >= 15 is 0 Å². The lowest BCUT2D eigenvalue weighted by Crippen LogP contribution is -2.51. The van der Waals surface area contributed by atoms with Gasteiger partial charge in [-0.1, -0.05) is 12.1 Å². The normalized spacial score (nSPS) is 15.8. The van der Waals surface area contributed by atoms with Crippen LogP contribution in [0.25, 0.3) is 0 Å². The maximum atomic E-state index is 12.6. The van der Waals surface area contributed by atoms with Crippen molar-refractivity contribution in [2.45, 2.75) is 6.42 Å². The SMILES string of the molecule is O=C(CCN1C(=O)c2ccccc2C1=O)N1CCN(C(=O)c2cc(O)c(O)c(O)c2)CC1. The first-order valence-corrected chi connectivity index (χ1v) is 10.0. The van der Waals surface area contributed by atoms with Gasteiger partial charge in [-0.2, -0.15) is 0 Å². The number of aromatic hydroxyl groups is 3. The molecule has 2 heterocycles. The number of amides is 4. The highest BCUT2D eigenvalue weighted by atomic mass is 16.3. The van der Waals surface area contributed by atoms with Gasteiger partial charge in [-0.15, -0.1) is 0 Å². The predicted octanol–water partition coefficient (Wildman–Crippen LogP) is 0.774. The Bertz CT molecular complexity index is 1060. The second kappa shape index (κ2) is 8.22. The van der Waals surface area contributed by atoms with Gasteiger partial charge < -0.3 is 25.1 Å². The molecule has 0 unspecified atom stereocenters. The van der Waals surface area contributed by atoms with Crippen LogP contribution >= 0.6 is 0 Å². The van der Waals surface area contributed by atoms with Crippen molar-refractivity contribution in [2.24, 2.45) is 0 Å². The van der Waals surface area contributed by atoms with Crippen LogP contribution in [0, 0.1) is 0 Å². The van der Waals surface area contributed by atoms with Gasteiger partial charge in [0.15, 0.2) is 17.2 Å². The van der Waals surface area contributed by atoms with Crippen LogP contribution in [0.1, 0.15) is 37.5 Å². The number of phenolic OH excluding ortho intramolecular Hbond substituents is 3. The smallest absolute Gasteiger partial charge is 0.261 e. The van der Waals surface area contributed by atoms with Crippen molar-refractivity contribution in [3.05, 3.63) is 53.1 Å². The number of fused-ring (bicyclic) bond motifs is 1. The molecule has 2 aromatic carbocycles. The van der Waals surface area contributed by atoms with E-state index in [0.29, 0.717) is 11.1 Å². The molecular weight excluding hydrogens is 418 g/mol. The summed E-state index contributed by atoms with van der Waals surface area (Å²) in [5.74, 6) is -3.40. The molecular formula is C22H21N3O7. The van der Waals surface area contributed by atoms with Crippen LogP contribution in [0.4, 0.5) is 0 Å². The van der Waals surface area contributed by atoms with Gasteiger partial charge in [-0.05, 0) is 24.3 Å². The highest BCUT2D eigenvalue weighted by Crippen LogP contribution is 2.35. The fourth-order valence-corrected chi connectivity index (χ4v) is 3.88. The Labute approximate surface area is 182 Å². The summed E-state index contributed by atoms with van der Waals surface area (Å²) in [6, 6.07) is 8.66. The Balaban J connectivity index is 1.31. The molecule has 3 N–H and O–H groups in total. The number of rotatable bonds is 4. The summed E-state index contributed by atoms with van der Waals surface area (Å²) in [5, 5.41) is 28.6. The molecule has 0 atom stereocenters. The fourth-order valence-electron chi connectivity index (χ4n) is 3.88. The molecule has 0 bridgehead atoms. The molecule has 0 aliphatic carbocycles. The fraction of sp³-hybridized carbons (Fsp3) is 0.273. The van der Waals surface area contributed by atoms with Crippen LogP contribution in [-0.4, -0.2) is 86.4 Å². The number of hydrogen-bond acceptors (Lipinski definition) is 7. The van der Waals surface area contributed by atoms with Crippen molar-refractivity contribution in [3.63, 3.8) is 0 Å². The first kappa shape index (κ1) is 21.2. The van der Waals surface area contributed by atoms with Crippen molar-refractivity contribution < 1.29 is 34.5 Å². The predicted molar refractivity (Wildman–Crippen MR) is 110 cm³/mol. The summed E-state index contributed by atoms with van der Waals surface area (Å²) in [6.45, 7) is 0.988. The molecule has 2 aromatic rings. The van der Waals surface area contributed by atoms with Gasteiger partial charge in [-0.25, -0.2) is 0 Å². The van der Waals surface area contributed by atoms with Gasteiger partial charge in [-0.3, -0.25) is 24.1 Å². The van der Waals surface area contributed by atoms with Gasteiger partial charge in [0.25, 0.3) is 17.7 Å². The third kappa shape index (κ3) is 3.70. The Kier molecular flexibility index (Phi) is 5.43. The number of carbonyl (C=O) groups excluding carboxylic acids is 4. The molecule has 0 radical (unpaired) electrons. The Hall–Kier alpha value is -4.08. The van der Waals surface area contributed by atoms with Gasteiger partial charge in [0, 0.05) is 44.7 Å². The number of benzene rings is 2. The molecule has 1 saturated heterocycles. The molecule has 4 amide bonds. The summed E-state index contributed by atoms with van der Waals surface area (Å²) in [5.41, 5.74) is 0.690. The molecule has 2 aliphatic rings. The van der Waals surface area contributed by atoms with E-state index in [4.69, 9.17) is 0 Å². The first-order valence-electron chi connectivity index (χ1n) is 10.0. The van der Waals surface area contributed by atoms with Gasteiger partial charge in [0.1, 0.15) is 0 Å². The molecule has 2 aliphatic heterocycles. The van der Waals surface area contributed by atoms with Gasteiger partial charge in [0.2, 0.25) is 5.91 Å². The average molecular weight is 439 g/mol. The van der Waals surface area contributed by atoms with E-state index in [-0.39, 0.29) is 50.6 Å². The molecule has 1 fully saturated rings. The van der Waals surface area contributed by atoms with Crippen LogP contribution in [0.15, 0.2) is 36.4 Å². The van der Waals surface area contributed by atoms with E-state index in [1.54, 1.807) is 29.2 Å². The van der Waals surface area contributed by atoms with Crippen molar-refractivity contribution >= 4 is 23.6 Å². The van der Waals surface area contributed by atoms with E-state index in [0.717, 1.165) is 17.0 Å². The maximum absolute atomic E-state index is 12.6. The molecule has 10 nitrogen and oxygen atoms in total. The minimum atomic E-state index is -0.699. The lowest BCUT2D eigenvalue weighted by molar-refractivity contribution is -0.132. The monoisotopic (exact) mass is 439 g/mol. The van der Waals surface area contributed by atoms with Crippen molar-refractivity contribution in [1.29, 1.82) is 0 Å². The zero-order valence-corrected chi connectivity index (χ0v) is 17.0. The van der Waals surface area contributed by atoms with E-state index in [1.807, 2.05) is 0 Å². The van der Waals surface area contributed by atoms with Gasteiger partial charge >= 0.3 is 0 Å². The summed E-state index contributed by atoms with van der Waals surface area (Å²) in [6.07, 6.45) is -0.0148. The van der Waals surface area contributed by atoms with Crippen LogP contribution < -0.4 is 0 Å². The van der Waals surface area contributed by atoms with Crippen molar-refractivity contribution in [1.82, 2.24) is 14.7 Å². The molecule has 4 rings (SSSR count). The van der Waals surface area contributed by atoms with Crippen LogP contribution in [-0.2, 0) is 4.79 Å². The van der Waals surface area contributed by atoms with Crippen LogP contribution in [0.3, 0.4) is 0 Å². The molecule has 0 saturated carbocycles. The zero-order valence-electron chi connectivity index (χ0n) is 17.0.